The van der Waals surface area contributed by atoms with Gasteiger partial charge in [0.25, 0.3) is 11.6 Å². The SMILES string of the molecule is COc1cc(OC)cc(C(=O)N2CCN=C2SCc2ccc([N+](=O)[O-])cc2)c1. The lowest BCUT2D eigenvalue weighted by atomic mass is 10.1. The van der Waals surface area contributed by atoms with Crippen LogP contribution in [0, 0.1) is 10.1 Å². The van der Waals surface area contributed by atoms with E-state index in [1.165, 1.54) is 38.1 Å². The van der Waals surface area contributed by atoms with Gasteiger partial charge in [-0.1, -0.05) is 23.9 Å². The van der Waals surface area contributed by atoms with Crippen molar-refractivity contribution in [1.82, 2.24) is 4.90 Å². The highest BCUT2D eigenvalue weighted by Crippen LogP contribution is 2.26. The summed E-state index contributed by atoms with van der Waals surface area (Å²) < 4.78 is 10.5. The Morgan fingerprint density at radius 1 is 1.18 bits per heavy atom. The molecule has 8 nitrogen and oxygen atoms in total. The first-order chi connectivity index (χ1) is 13.5. The van der Waals surface area contributed by atoms with Crippen LogP contribution in [0.3, 0.4) is 0 Å². The zero-order valence-electron chi connectivity index (χ0n) is 15.5. The van der Waals surface area contributed by atoms with Crippen molar-refractivity contribution in [2.75, 3.05) is 27.3 Å². The van der Waals surface area contributed by atoms with Gasteiger partial charge in [-0.15, -0.1) is 0 Å². The van der Waals surface area contributed by atoms with Crippen molar-refractivity contribution in [2.45, 2.75) is 5.75 Å². The number of aliphatic imine (C=N–C) groups is 1. The van der Waals surface area contributed by atoms with Crippen LogP contribution in [-0.4, -0.2) is 48.2 Å². The maximum atomic E-state index is 13.0. The van der Waals surface area contributed by atoms with E-state index in [1.807, 2.05) is 0 Å². The lowest BCUT2D eigenvalue weighted by Gasteiger charge is -2.18. The number of carbonyl (C=O) groups is 1. The molecule has 1 aliphatic rings. The molecule has 0 bridgehead atoms. The zero-order chi connectivity index (χ0) is 20.1. The van der Waals surface area contributed by atoms with E-state index in [4.69, 9.17) is 9.47 Å². The van der Waals surface area contributed by atoms with Crippen LogP contribution in [0.15, 0.2) is 47.5 Å². The molecule has 1 amide bonds. The number of amidine groups is 1. The molecule has 0 atom stereocenters. The minimum absolute atomic E-state index is 0.0516. The number of ether oxygens (including phenoxy) is 2. The zero-order valence-corrected chi connectivity index (χ0v) is 16.3. The van der Waals surface area contributed by atoms with Crippen LogP contribution >= 0.6 is 11.8 Å². The third-order valence-electron chi connectivity index (χ3n) is 4.16. The van der Waals surface area contributed by atoms with Gasteiger partial charge >= 0.3 is 0 Å². The number of amides is 1. The molecule has 2 aromatic rings. The number of hydrogen-bond donors (Lipinski definition) is 0. The fourth-order valence-corrected chi connectivity index (χ4v) is 3.69. The molecule has 1 aliphatic heterocycles. The molecule has 0 aromatic heterocycles. The van der Waals surface area contributed by atoms with Crippen LogP contribution < -0.4 is 9.47 Å². The summed E-state index contributed by atoms with van der Waals surface area (Å²) in [6.07, 6.45) is 0. The van der Waals surface area contributed by atoms with Crippen LogP contribution in [0.4, 0.5) is 5.69 Å². The molecule has 0 spiro atoms. The van der Waals surface area contributed by atoms with Gasteiger partial charge < -0.3 is 9.47 Å². The quantitative estimate of drug-likeness (QED) is 0.544. The molecule has 2 aromatic carbocycles. The number of nitrogens with zero attached hydrogens (tertiary/aromatic N) is 3. The number of benzene rings is 2. The van der Waals surface area contributed by atoms with Gasteiger partial charge in [-0.05, 0) is 17.7 Å². The molecular formula is C19H19N3O5S. The van der Waals surface area contributed by atoms with Crippen LogP contribution in [0.25, 0.3) is 0 Å². The van der Waals surface area contributed by atoms with Gasteiger partial charge in [-0.25, -0.2) is 0 Å². The van der Waals surface area contributed by atoms with Crippen LogP contribution in [-0.2, 0) is 5.75 Å². The highest BCUT2D eigenvalue weighted by atomic mass is 32.2. The monoisotopic (exact) mass is 401 g/mol. The number of rotatable bonds is 6. The van der Waals surface area contributed by atoms with Crippen molar-refractivity contribution < 1.29 is 19.2 Å². The first kappa shape index (κ1) is 19.7. The molecular weight excluding hydrogens is 382 g/mol. The van der Waals surface area contributed by atoms with Crippen LogP contribution in [0.5, 0.6) is 11.5 Å². The maximum absolute atomic E-state index is 13.0. The van der Waals surface area contributed by atoms with E-state index in [9.17, 15) is 14.9 Å². The minimum Gasteiger partial charge on any atom is -0.497 e. The van der Waals surface area contributed by atoms with E-state index in [0.717, 1.165) is 5.56 Å². The van der Waals surface area contributed by atoms with Crippen molar-refractivity contribution in [1.29, 1.82) is 0 Å². The molecule has 0 saturated heterocycles. The lowest BCUT2D eigenvalue weighted by Crippen LogP contribution is -2.32. The third-order valence-corrected chi connectivity index (χ3v) is 5.25. The Kier molecular flexibility index (Phi) is 6.15. The van der Waals surface area contributed by atoms with E-state index < -0.39 is 4.92 Å². The average molecular weight is 401 g/mol. The van der Waals surface area contributed by atoms with Crippen molar-refractivity contribution in [2.24, 2.45) is 4.99 Å². The summed E-state index contributed by atoms with van der Waals surface area (Å²) in [5, 5.41) is 11.4. The lowest BCUT2D eigenvalue weighted by molar-refractivity contribution is -0.384. The topological polar surface area (TPSA) is 94.3 Å². The summed E-state index contributed by atoms with van der Waals surface area (Å²) in [4.78, 5) is 29.3. The second-order valence-corrected chi connectivity index (χ2v) is 6.88. The fourth-order valence-electron chi connectivity index (χ4n) is 2.69. The number of thioether (sulfide) groups is 1. The standard InChI is InChI=1S/C19H19N3O5S/c1-26-16-9-14(10-17(11-16)27-2)18(23)21-8-7-20-19(21)28-12-13-3-5-15(6-4-13)22(24)25/h3-6,9-11H,7-8,12H2,1-2H3. The summed E-state index contributed by atoms with van der Waals surface area (Å²) in [7, 11) is 3.07. The minimum atomic E-state index is -0.430. The van der Waals surface area contributed by atoms with Crippen LogP contribution in [0.1, 0.15) is 15.9 Å². The van der Waals surface area contributed by atoms with Crippen molar-refractivity contribution in [3.8, 4) is 11.5 Å². The summed E-state index contributed by atoms with van der Waals surface area (Å²) >= 11 is 1.43. The third kappa shape index (κ3) is 4.42. The Bertz CT molecular complexity index is 892. The maximum Gasteiger partial charge on any atom is 0.269 e. The average Bonchev–Trinajstić information content (AvgIpc) is 3.20. The first-order valence-electron chi connectivity index (χ1n) is 8.47. The van der Waals surface area contributed by atoms with E-state index in [-0.39, 0.29) is 11.6 Å². The Balaban J connectivity index is 1.70. The van der Waals surface area contributed by atoms with E-state index in [0.29, 0.717) is 41.1 Å². The van der Waals surface area contributed by atoms with E-state index in [2.05, 4.69) is 4.99 Å². The summed E-state index contributed by atoms with van der Waals surface area (Å²) in [5.74, 6) is 1.46. The van der Waals surface area contributed by atoms with Gasteiger partial charge in [0.15, 0.2) is 5.17 Å². The fraction of sp³-hybridized carbons (Fsp3) is 0.263. The molecule has 9 heteroatoms. The molecule has 28 heavy (non-hydrogen) atoms. The first-order valence-corrected chi connectivity index (χ1v) is 9.46. The van der Waals surface area contributed by atoms with Crippen molar-refractivity contribution in [3.05, 3.63) is 63.7 Å². The van der Waals surface area contributed by atoms with E-state index >= 15 is 0 Å². The second kappa shape index (κ2) is 8.75. The second-order valence-electron chi connectivity index (χ2n) is 5.93. The number of carbonyl (C=O) groups excluding carboxylic acids is 1. The molecule has 0 saturated carbocycles. The number of methoxy groups -OCH3 is 2. The highest BCUT2D eigenvalue weighted by Gasteiger charge is 2.26. The molecule has 0 unspecified atom stereocenters. The summed E-state index contributed by atoms with van der Waals surface area (Å²) in [6, 6.07) is 11.4. The number of hydrogen-bond acceptors (Lipinski definition) is 7. The van der Waals surface area contributed by atoms with Gasteiger partial charge in [0, 0.05) is 36.1 Å². The van der Waals surface area contributed by atoms with Gasteiger partial charge in [0.05, 0.1) is 25.7 Å². The molecule has 0 fully saturated rings. The molecule has 0 radical (unpaired) electrons. The smallest absolute Gasteiger partial charge is 0.269 e. The van der Waals surface area contributed by atoms with Gasteiger partial charge in [-0.3, -0.25) is 24.8 Å². The van der Waals surface area contributed by atoms with Gasteiger partial charge in [0.2, 0.25) is 0 Å². The highest BCUT2D eigenvalue weighted by molar-refractivity contribution is 8.13. The number of nitro groups is 1. The molecule has 0 N–H and O–H groups in total. The van der Waals surface area contributed by atoms with Gasteiger partial charge in [0.1, 0.15) is 11.5 Å². The molecule has 146 valence electrons. The van der Waals surface area contributed by atoms with Crippen molar-refractivity contribution in [3.63, 3.8) is 0 Å². The number of nitro benzene ring substituents is 1. The normalized spacial score (nSPS) is 13.2. The van der Waals surface area contributed by atoms with Crippen molar-refractivity contribution >= 4 is 28.5 Å². The van der Waals surface area contributed by atoms with Crippen LogP contribution in [0.2, 0.25) is 0 Å². The predicted octanol–water partition coefficient (Wildman–Crippen LogP) is 3.36. The summed E-state index contributed by atoms with van der Waals surface area (Å²) in [5.41, 5.74) is 1.43. The van der Waals surface area contributed by atoms with Gasteiger partial charge in [-0.2, -0.15) is 0 Å². The molecule has 0 aliphatic carbocycles. The Morgan fingerprint density at radius 3 is 2.39 bits per heavy atom. The van der Waals surface area contributed by atoms with E-state index in [1.54, 1.807) is 35.2 Å². The molecule has 3 rings (SSSR count). The summed E-state index contributed by atoms with van der Waals surface area (Å²) in [6.45, 7) is 1.04. The Morgan fingerprint density at radius 2 is 1.82 bits per heavy atom. The Labute approximate surface area is 166 Å². The predicted molar refractivity (Wildman–Crippen MR) is 107 cm³/mol. The Hall–Kier alpha value is -3.07. The molecule has 1 heterocycles. The number of non-ortho nitro benzene ring substituents is 1. The largest absolute Gasteiger partial charge is 0.497 e.